The summed E-state index contributed by atoms with van der Waals surface area (Å²) in [4.78, 5) is 35.0. The van der Waals surface area contributed by atoms with Gasteiger partial charge in [0.25, 0.3) is 5.91 Å². The number of hydrogen-bond acceptors (Lipinski definition) is 9. The van der Waals surface area contributed by atoms with E-state index < -0.39 is 9.84 Å². The average Bonchev–Trinajstić information content (AvgIpc) is 3.47. The van der Waals surface area contributed by atoms with Crippen molar-refractivity contribution in [1.82, 2.24) is 19.8 Å². The smallest absolute Gasteiger partial charge is 0.278 e. The largest absolute Gasteiger partial charge is 0.338 e. The third-order valence-electron chi connectivity index (χ3n) is 7.23. The molecule has 3 fully saturated rings. The van der Waals surface area contributed by atoms with E-state index in [1.807, 2.05) is 9.91 Å². The number of carbonyl (C=O) groups excluding carboxylic acids is 2. The van der Waals surface area contributed by atoms with E-state index in [9.17, 15) is 18.0 Å². The molecule has 204 valence electrons. The molecular weight excluding hydrogens is 524 g/mol. The van der Waals surface area contributed by atoms with Crippen LogP contribution in [-0.2, 0) is 26.0 Å². The summed E-state index contributed by atoms with van der Waals surface area (Å²) in [5.41, 5.74) is 0.812. The third-order valence-corrected chi connectivity index (χ3v) is 10.4. The van der Waals surface area contributed by atoms with E-state index in [2.05, 4.69) is 27.2 Å². The normalized spacial score (nSPS) is 21.1. The first-order valence-electron chi connectivity index (χ1n) is 13.1. The Morgan fingerprint density at radius 3 is 2.45 bits per heavy atom. The predicted molar refractivity (Wildman–Crippen MR) is 147 cm³/mol. The first-order chi connectivity index (χ1) is 18.2. The second-order valence-corrected chi connectivity index (χ2v) is 13.6. The van der Waals surface area contributed by atoms with Crippen LogP contribution >= 0.6 is 11.3 Å². The van der Waals surface area contributed by atoms with Gasteiger partial charge in [0.2, 0.25) is 5.91 Å². The number of carbonyl (C=O) groups is 2. The summed E-state index contributed by atoms with van der Waals surface area (Å²) >= 11 is 1.42. The van der Waals surface area contributed by atoms with Gasteiger partial charge >= 0.3 is 0 Å². The van der Waals surface area contributed by atoms with E-state index in [0.717, 1.165) is 43.9 Å². The minimum atomic E-state index is -3.30. The molecule has 2 aliphatic heterocycles. The van der Waals surface area contributed by atoms with Crippen LogP contribution in [0.4, 0.5) is 5.13 Å². The van der Waals surface area contributed by atoms with Crippen molar-refractivity contribution in [1.29, 1.82) is 0 Å². The highest BCUT2D eigenvalue weighted by Crippen LogP contribution is 2.33. The Hall–Kier alpha value is -2.83. The molecule has 1 atom stereocenters. The number of hydrazone groups is 1. The average molecular weight is 559 g/mol. The molecule has 0 unspecified atom stereocenters. The molecule has 1 aromatic heterocycles. The quantitative estimate of drug-likeness (QED) is 0.495. The minimum absolute atomic E-state index is 0.102. The number of amides is 2. The zero-order chi connectivity index (χ0) is 26.9. The second-order valence-electron chi connectivity index (χ2n) is 10.3. The second kappa shape index (κ2) is 11.1. The van der Waals surface area contributed by atoms with Crippen LogP contribution in [0.15, 0.2) is 40.5 Å². The standard InChI is InChI=1S/C26H34N6O4S2/c1-18-16-30(13-14-32(18)19(2)33)17-21-15-27-26(37-21)28-25(34)24(29-31-11-3-4-12-31)20-5-7-22(8-6-20)38(35,36)23-9-10-23/h5-8,15,18,23H,3-4,9-14,16-17H2,1-2H3,(H,27,28,34)/b29-24+/t18-/m0/s1. The van der Waals surface area contributed by atoms with Crippen molar-refractivity contribution in [3.8, 4) is 0 Å². The van der Waals surface area contributed by atoms with Gasteiger partial charge in [-0.3, -0.25) is 24.8 Å². The Kier molecular flexibility index (Phi) is 7.83. The number of piperazine rings is 1. The zero-order valence-corrected chi connectivity index (χ0v) is 23.4. The van der Waals surface area contributed by atoms with Crippen molar-refractivity contribution in [2.24, 2.45) is 5.10 Å². The Bertz CT molecular complexity index is 1310. The summed E-state index contributed by atoms with van der Waals surface area (Å²) < 4.78 is 25.2. The van der Waals surface area contributed by atoms with Crippen molar-refractivity contribution in [2.45, 2.75) is 62.3 Å². The molecule has 12 heteroatoms. The maximum Gasteiger partial charge on any atom is 0.278 e. The monoisotopic (exact) mass is 558 g/mol. The van der Waals surface area contributed by atoms with Crippen molar-refractivity contribution in [3.63, 3.8) is 0 Å². The van der Waals surface area contributed by atoms with Crippen LogP contribution in [0.3, 0.4) is 0 Å². The van der Waals surface area contributed by atoms with E-state index in [0.29, 0.717) is 36.6 Å². The molecule has 0 spiro atoms. The van der Waals surface area contributed by atoms with Crippen LogP contribution in [0.5, 0.6) is 0 Å². The first kappa shape index (κ1) is 26.8. The number of nitrogens with one attached hydrogen (secondary N) is 1. The number of nitrogens with zero attached hydrogens (tertiary/aromatic N) is 5. The highest BCUT2D eigenvalue weighted by molar-refractivity contribution is 7.92. The van der Waals surface area contributed by atoms with Crippen LogP contribution in [0, 0.1) is 0 Å². The maximum atomic E-state index is 13.4. The number of sulfone groups is 1. The third kappa shape index (κ3) is 6.08. The van der Waals surface area contributed by atoms with Gasteiger partial charge in [-0.25, -0.2) is 13.4 Å². The summed E-state index contributed by atoms with van der Waals surface area (Å²) in [5.74, 6) is -0.273. The number of aromatic nitrogens is 1. The predicted octanol–water partition coefficient (Wildman–Crippen LogP) is 2.57. The lowest BCUT2D eigenvalue weighted by Gasteiger charge is -2.39. The molecule has 10 nitrogen and oxygen atoms in total. The van der Waals surface area contributed by atoms with Crippen LogP contribution < -0.4 is 5.32 Å². The molecule has 3 aliphatic rings. The maximum absolute atomic E-state index is 13.4. The molecule has 1 N–H and O–H groups in total. The highest BCUT2D eigenvalue weighted by atomic mass is 32.2. The molecule has 2 saturated heterocycles. The molecule has 0 bridgehead atoms. The van der Waals surface area contributed by atoms with Crippen LogP contribution in [0.1, 0.15) is 50.0 Å². The van der Waals surface area contributed by atoms with E-state index in [4.69, 9.17) is 0 Å². The van der Waals surface area contributed by atoms with Gasteiger partial charge in [-0.05, 0) is 44.7 Å². The van der Waals surface area contributed by atoms with Gasteiger partial charge in [0.1, 0.15) is 0 Å². The van der Waals surface area contributed by atoms with E-state index in [1.165, 1.54) is 11.3 Å². The lowest BCUT2D eigenvalue weighted by Crippen LogP contribution is -2.52. The molecule has 3 heterocycles. The first-order valence-corrected chi connectivity index (χ1v) is 15.5. The highest BCUT2D eigenvalue weighted by Gasteiger charge is 2.37. The van der Waals surface area contributed by atoms with Crippen molar-refractivity contribution in [3.05, 3.63) is 40.9 Å². The number of benzene rings is 1. The van der Waals surface area contributed by atoms with Gasteiger partial charge < -0.3 is 4.90 Å². The van der Waals surface area contributed by atoms with E-state index in [-0.39, 0.29) is 33.7 Å². The van der Waals surface area contributed by atoms with Gasteiger partial charge in [-0.1, -0.05) is 12.1 Å². The van der Waals surface area contributed by atoms with E-state index >= 15 is 0 Å². The van der Waals surface area contributed by atoms with Gasteiger partial charge in [0, 0.05) is 68.9 Å². The lowest BCUT2D eigenvalue weighted by molar-refractivity contribution is -0.133. The molecule has 2 amide bonds. The Morgan fingerprint density at radius 2 is 1.82 bits per heavy atom. The van der Waals surface area contributed by atoms with Gasteiger partial charge in [0.05, 0.1) is 10.1 Å². The van der Waals surface area contributed by atoms with Crippen molar-refractivity contribution < 1.29 is 18.0 Å². The zero-order valence-electron chi connectivity index (χ0n) is 21.8. The van der Waals surface area contributed by atoms with Gasteiger partial charge in [-0.15, -0.1) is 11.3 Å². The summed E-state index contributed by atoms with van der Waals surface area (Å²) in [6.45, 7) is 8.21. The van der Waals surface area contributed by atoms with Crippen molar-refractivity contribution >= 4 is 43.8 Å². The number of thiazole rings is 1. The fraction of sp³-hybridized carbons (Fsp3) is 0.538. The van der Waals surface area contributed by atoms with Crippen molar-refractivity contribution in [2.75, 3.05) is 38.0 Å². The molecule has 38 heavy (non-hydrogen) atoms. The lowest BCUT2D eigenvalue weighted by atomic mass is 10.1. The Labute approximate surface area is 227 Å². The van der Waals surface area contributed by atoms with Gasteiger partial charge in [0.15, 0.2) is 20.7 Å². The summed E-state index contributed by atoms with van der Waals surface area (Å²) in [6, 6.07) is 6.63. The molecule has 0 radical (unpaired) electrons. The Morgan fingerprint density at radius 1 is 1.11 bits per heavy atom. The number of hydrogen-bond donors (Lipinski definition) is 1. The molecule has 1 aromatic carbocycles. The fourth-order valence-electron chi connectivity index (χ4n) is 5.01. The van der Waals surface area contributed by atoms with Gasteiger partial charge in [-0.2, -0.15) is 5.10 Å². The Balaban J connectivity index is 1.27. The van der Waals surface area contributed by atoms with Crippen LogP contribution in [-0.4, -0.2) is 89.8 Å². The fourth-order valence-corrected chi connectivity index (χ4v) is 7.52. The SMILES string of the molecule is CC(=O)N1CCN(Cc2cnc(NC(=O)/C(=N/N3CCCC3)c3ccc(S(=O)(=O)C4CC4)cc3)s2)C[C@@H]1C. The topological polar surface area (TPSA) is 115 Å². The van der Waals surface area contributed by atoms with Crippen LogP contribution in [0.2, 0.25) is 0 Å². The molecule has 1 aliphatic carbocycles. The summed E-state index contributed by atoms with van der Waals surface area (Å²) in [6.07, 6.45) is 5.23. The molecule has 5 rings (SSSR count). The summed E-state index contributed by atoms with van der Waals surface area (Å²) in [5, 5.41) is 9.63. The minimum Gasteiger partial charge on any atom is -0.338 e. The number of anilines is 1. The summed E-state index contributed by atoms with van der Waals surface area (Å²) in [7, 11) is -3.30. The number of rotatable bonds is 8. The molecule has 2 aromatic rings. The van der Waals surface area contributed by atoms with Crippen LogP contribution in [0.25, 0.3) is 0 Å². The molecule has 1 saturated carbocycles. The van der Waals surface area contributed by atoms with E-state index in [1.54, 1.807) is 37.4 Å². The molecular formula is C26H34N6O4S2.